The number of aromatic nitrogens is 2. The molecule has 0 saturated carbocycles. The van der Waals surface area contributed by atoms with Gasteiger partial charge in [-0.1, -0.05) is 41.6 Å². The number of sulfonamides is 1. The zero-order valence-corrected chi connectivity index (χ0v) is 20.0. The first-order chi connectivity index (χ1) is 17.2. The Morgan fingerprint density at radius 1 is 1.17 bits per heavy atom. The molecule has 12 nitrogen and oxygen atoms in total. The fourth-order valence-corrected chi connectivity index (χ4v) is 5.53. The molecule has 2 aromatic carbocycles. The Labute approximate surface area is 207 Å². The van der Waals surface area contributed by atoms with Crippen molar-refractivity contribution in [3.63, 3.8) is 0 Å². The standard InChI is InChI=1S/C23H26N6O6S/c24-22-25-14-16(26-22)8-3-4-12-23(21(31)32,27-20(30)18-11-13-35-28-18)29-36(33,34)19-10-5-7-15-6-1-2-9-17(15)19/h1-2,5-7,9-10,14,29H,3-4,8,11-13H2,(H,27,30)(H,31,32)(H3,24,25,26). The van der Waals surface area contributed by atoms with Gasteiger partial charge in [0.25, 0.3) is 5.91 Å². The van der Waals surface area contributed by atoms with E-state index >= 15 is 0 Å². The number of nitrogens with one attached hydrogen (secondary N) is 3. The second-order valence-electron chi connectivity index (χ2n) is 8.35. The molecule has 1 atom stereocenters. The van der Waals surface area contributed by atoms with E-state index in [1.54, 1.807) is 42.6 Å². The highest BCUT2D eigenvalue weighted by atomic mass is 32.2. The quantitative estimate of drug-likeness (QED) is 0.188. The molecule has 1 aliphatic heterocycles. The topological polar surface area (TPSA) is 189 Å². The molecule has 0 aliphatic carbocycles. The van der Waals surface area contributed by atoms with Gasteiger partial charge in [-0.2, -0.15) is 4.72 Å². The molecule has 0 radical (unpaired) electrons. The number of aliphatic carboxylic acids is 1. The summed E-state index contributed by atoms with van der Waals surface area (Å²) in [4.78, 5) is 37.0. The minimum Gasteiger partial charge on any atom is -0.478 e. The van der Waals surface area contributed by atoms with Crippen molar-refractivity contribution >= 4 is 44.3 Å². The van der Waals surface area contributed by atoms with Gasteiger partial charge in [0, 0.05) is 18.0 Å². The van der Waals surface area contributed by atoms with Crippen LogP contribution in [0.1, 0.15) is 31.4 Å². The van der Waals surface area contributed by atoms with Crippen LogP contribution in [0, 0.1) is 0 Å². The molecule has 1 amide bonds. The SMILES string of the molecule is Nc1nc(CCCCC(NC(=O)C2=NOCC2)(NS(=O)(=O)c2cccc3ccccc23)C(=O)O)c[nH]1. The molecule has 4 rings (SSSR count). The summed E-state index contributed by atoms with van der Waals surface area (Å²) in [6.07, 6.45) is 2.79. The third kappa shape index (κ3) is 5.47. The van der Waals surface area contributed by atoms with E-state index in [0.29, 0.717) is 29.3 Å². The van der Waals surface area contributed by atoms with E-state index < -0.39 is 27.6 Å². The van der Waals surface area contributed by atoms with Crippen molar-refractivity contribution in [3.8, 4) is 0 Å². The van der Waals surface area contributed by atoms with E-state index in [0.717, 1.165) is 0 Å². The molecule has 1 unspecified atom stereocenters. The number of H-pyrrole nitrogens is 1. The molecule has 0 saturated heterocycles. The van der Waals surface area contributed by atoms with E-state index in [9.17, 15) is 23.1 Å². The van der Waals surface area contributed by atoms with Crippen LogP contribution in [0.2, 0.25) is 0 Å². The summed E-state index contributed by atoms with van der Waals surface area (Å²) < 4.78 is 29.3. The number of aromatic amines is 1. The van der Waals surface area contributed by atoms with Crippen molar-refractivity contribution in [3.05, 3.63) is 54.4 Å². The van der Waals surface area contributed by atoms with Gasteiger partial charge >= 0.3 is 5.97 Å². The average Bonchev–Trinajstić information content (AvgIpc) is 3.53. The van der Waals surface area contributed by atoms with Crippen molar-refractivity contribution in [2.45, 2.75) is 42.7 Å². The first-order valence-corrected chi connectivity index (χ1v) is 12.7. The third-order valence-corrected chi connectivity index (χ3v) is 7.34. The van der Waals surface area contributed by atoms with Gasteiger partial charge in [-0.3, -0.25) is 4.79 Å². The maximum absolute atomic E-state index is 13.5. The van der Waals surface area contributed by atoms with E-state index in [2.05, 4.69) is 25.2 Å². The van der Waals surface area contributed by atoms with Crippen LogP contribution in [-0.2, 0) is 30.9 Å². The van der Waals surface area contributed by atoms with Crippen LogP contribution in [0.15, 0.2) is 58.7 Å². The Morgan fingerprint density at radius 3 is 2.64 bits per heavy atom. The predicted octanol–water partition coefficient (Wildman–Crippen LogP) is 1.51. The number of fused-ring (bicyclic) bond motifs is 1. The van der Waals surface area contributed by atoms with Crippen LogP contribution >= 0.6 is 0 Å². The Morgan fingerprint density at radius 2 is 1.94 bits per heavy atom. The number of carbonyl (C=O) groups excluding carboxylic acids is 1. The fourth-order valence-electron chi connectivity index (χ4n) is 3.99. The number of carboxylic acid groups (broad SMARTS) is 1. The number of unbranched alkanes of at least 4 members (excludes halogenated alkanes) is 1. The second kappa shape index (κ2) is 10.3. The first-order valence-electron chi connectivity index (χ1n) is 11.3. The summed E-state index contributed by atoms with van der Waals surface area (Å²) >= 11 is 0. The minimum absolute atomic E-state index is 0.0167. The number of aryl methyl sites for hydroxylation is 1. The highest BCUT2D eigenvalue weighted by molar-refractivity contribution is 7.89. The monoisotopic (exact) mass is 514 g/mol. The van der Waals surface area contributed by atoms with Gasteiger partial charge in [-0.25, -0.2) is 18.2 Å². The Kier molecular flexibility index (Phi) is 7.22. The number of carboxylic acids is 1. The summed E-state index contributed by atoms with van der Waals surface area (Å²) in [5.74, 6) is -2.11. The predicted molar refractivity (Wildman–Crippen MR) is 131 cm³/mol. The summed E-state index contributed by atoms with van der Waals surface area (Å²) in [6.45, 7) is 0.178. The smallest absolute Gasteiger partial charge is 0.345 e. The summed E-state index contributed by atoms with van der Waals surface area (Å²) in [6, 6.07) is 11.5. The van der Waals surface area contributed by atoms with E-state index in [4.69, 9.17) is 10.6 Å². The number of carbonyl (C=O) groups is 2. The molecule has 1 aliphatic rings. The number of benzene rings is 2. The number of hydrogen-bond acceptors (Lipinski definition) is 8. The number of rotatable bonds is 11. The molecule has 36 heavy (non-hydrogen) atoms. The van der Waals surface area contributed by atoms with Gasteiger partial charge < -0.3 is 26.0 Å². The van der Waals surface area contributed by atoms with E-state index in [1.807, 2.05) is 0 Å². The Balaban J connectivity index is 1.63. The van der Waals surface area contributed by atoms with Crippen LogP contribution in [0.5, 0.6) is 0 Å². The molecular formula is C23H26N6O6S. The van der Waals surface area contributed by atoms with Crippen LogP contribution < -0.4 is 15.8 Å². The lowest BCUT2D eigenvalue weighted by Gasteiger charge is -2.31. The lowest BCUT2D eigenvalue weighted by Crippen LogP contribution is -2.66. The molecule has 6 N–H and O–H groups in total. The average molecular weight is 515 g/mol. The third-order valence-electron chi connectivity index (χ3n) is 5.79. The Bertz CT molecular complexity index is 1410. The van der Waals surface area contributed by atoms with Crippen LogP contribution in [0.3, 0.4) is 0 Å². The van der Waals surface area contributed by atoms with Crippen LogP contribution in [0.25, 0.3) is 10.8 Å². The molecular weight excluding hydrogens is 488 g/mol. The van der Waals surface area contributed by atoms with Crippen molar-refractivity contribution in [1.82, 2.24) is 20.0 Å². The number of anilines is 1. The van der Waals surface area contributed by atoms with Gasteiger partial charge in [-0.15, -0.1) is 0 Å². The molecule has 1 aromatic heterocycles. The zero-order chi connectivity index (χ0) is 25.8. The largest absolute Gasteiger partial charge is 0.478 e. The molecule has 190 valence electrons. The fraction of sp³-hybridized carbons (Fsp3) is 0.304. The van der Waals surface area contributed by atoms with Gasteiger partial charge in [0.15, 0.2) is 5.95 Å². The number of nitrogens with two attached hydrogens (primary N) is 1. The van der Waals surface area contributed by atoms with Gasteiger partial charge in [0.05, 0.1) is 10.6 Å². The Hall–Kier alpha value is -3.97. The van der Waals surface area contributed by atoms with Crippen LogP contribution in [-0.4, -0.2) is 53.4 Å². The summed E-state index contributed by atoms with van der Waals surface area (Å²) in [5, 5.41) is 17.3. The summed E-state index contributed by atoms with van der Waals surface area (Å²) in [7, 11) is -4.40. The minimum atomic E-state index is -4.40. The van der Waals surface area contributed by atoms with E-state index in [-0.39, 0.29) is 42.4 Å². The number of amides is 1. The van der Waals surface area contributed by atoms with Crippen LogP contribution in [0.4, 0.5) is 5.95 Å². The zero-order valence-electron chi connectivity index (χ0n) is 19.2. The first kappa shape index (κ1) is 25.1. The normalized spacial score (nSPS) is 15.2. The molecule has 0 bridgehead atoms. The second-order valence-corrected chi connectivity index (χ2v) is 10.0. The van der Waals surface area contributed by atoms with Crippen molar-refractivity contribution in [1.29, 1.82) is 0 Å². The molecule has 0 spiro atoms. The van der Waals surface area contributed by atoms with Crippen molar-refractivity contribution in [2.75, 3.05) is 12.3 Å². The summed E-state index contributed by atoms with van der Waals surface area (Å²) in [5.41, 5.74) is 3.92. The maximum atomic E-state index is 13.5. The maximum Gasteiger partial charge on any atom is 0.345 e. The molecule has 0 fully saturated rings. The van der Waals surface area contributed by atoms with Gasteiger partial charge in [0.2, 0.25) is 15.7 Å². The number of nitrogens with zero attached hydrogens (tertiary/aromatic N) is 2. The van der Waals surface area contributed by atoms with Crippen molar-refractivity contribution in [2.24, 2.45) is 5.16 Å². The number of hydrogen-bond donors (Lipinski definition) is 5. The lowest BCUT2D eigenvalue weighted by atomic mass is 10.0. The van der Waals surface area contributed by atoms with E-state index in [1.165, 1.54) is 6.07 Å². The highest BCUT2D eigenvalue weighted by Crippen LogP contribution is 2.25. The van der Waals surface area contributed by atoms with Gasteiger partial charge in [0.1, 0.15) is 12.3 Å². The number of nitrogen functional groups attached to an aromatic ring is 1. The van der Waals surface area contributed by atoms with Gasteiger partial charge in [-0.05, 0) is 37.1 Å². The molecule has 3 aromatic rings. The number of oxime groups is 1. The highest BCUT2D eigenvalue weighted by Gasteiger charge is 2.45. The molecule has 2 heterocycles. The van der Waals surface area contributed by atoms with Crippen molar-refractivity contribution < 1.29 is 28.0 Å². The number of imidazole rings is 1. The lowest BCUT2D eigenvalue weighted by molar-refractivity contribution is -0.148. The molecule has 13 heteroatoms.